The van der Waals surface area contributed by atoms with E-state index in [0.717, 1.165) is 17.8 Å². The van der Waals surface area contributed by atoms with Crippen molar-refractivity contribution in [3.05, 3.63) is 11.6 Å². The van der Waals surface area contributed by atoms with E-state index in [4.69, 9.17) is 0 Å². The van der Waals surface area contributed by atoms with Gasteiger partial charge in [-0.3, -0.25) is 0 Å². The van der Waals surface area contributed by atoms with Crippen LogP contribution in [0.15, 0.2) is 11.6 Å². The van der Waals surface area contributed by atoms with E-state index in [1.807, 2.05) is 0 Å². The topological polar surface area (TPSA) is 0 Å². The quantitative estimate of drug-likeness (QED) is 0.540. The Morgan fingerprint density at radius 1 is 1.33 bits per heavy atom. The highest BCUT2D eigenvalue weighted by molar-refractivity contribution is 5.11. The molecule has 1 spiro atoms. The van der Waals surface area contributed by atoms with Crippen molar-refractivity contribution in [1.29, 1.82) is 0 Å². The Hall–Kier alpha value is -0.260. The van der Waals surface area contributed by atoms with Gasteiger partial charge in [0.05, 0.1) is 0 Å². The minimum Gasteiger partial charge on any atom is -0.0850 e. The largest absolute Gasteiger partial charge is 0.0850 e. The van der Waals surface area contributed by atoms with Gasteiger partial charge in [0.1, 0.15) is 0 Å². The van der Waals surface area contributed by atoms with Gasteiger partial charge in [0.25, 0.3) is 0 Å². The first-order chi connectivity index (χ1) is 7.06. The fraction of sp³-hybridized carbons (Fsp3) is 0.867. The molecule has 0 nitrogen and oxygen atoms in total. The maximum Gasteiger partial charge on any atom is -0.0203 e. The third kappa shape index (κ3) is 1.77. The zero-order chi connectivity index (χ0) is 11.1. The third-order valence-corrected chi connectivity index (χ3v) is 5.25. The van der Waals surface area contributed by atoms with Crippen molar-refractivity contribution in [2.24, 2.45) is 23.2 Å². The summed E-state index contributed by atoms with van der Waals surface area (Å²) in [6, 6.07) is 0. The Morgan fingerprint density at radius 3 is 2.60 bits per heavy atom. The van der Waals surface area contributed by atoms with Crippen molar-refractivity contribution in [1.82, 2.24) is 0 Å². The molecule has 1 unspecified atom stereocenters. The highest BCUT2D eigenvalue weighted by atomic mass is 14.5. The normalized spacial score (nSPS) is 41.3. The van der Waals surface area contributed by atoms with Crippen LogP contribution >= 0.6 is 0 Å². The first-order valence-corrected chi connectivity index (χ1v) is 6.72. The Balaban J connectivity index is 2.23. The van der Waals surface area contributed by atoms with Crippen LogP contribution in [0.1, 0.15) is 59.8 Å². The molecule has 15 heavy (non-hydrogen) atoms. The fourth-order valence-electron chi connectivity index (χ4n) is 4.15. The van der Waals surface area contributed by atoms with Crippen molar-refractivity contribution in [3.8, 4) is 0 Å². The van der Waals surface area contributed by atoms with Gasteiger partial charge >= 0.3 is 0 Å². The zero-order valence-corrected chi connectivity index (χ0v) is 10.8. The maximum atomic E-state index is 2.53. The fourth-order valence-corrected chi connectivity index (χ4v) is 4.15. The van der Waals surface area contributed by atoms with E-state index in [-0.39, 0.29) is 0 Å². The lowest BCUT2D eigenvalue weighted by Crippen LogP contribution is -2.35. The molecule has 3 atom stereocenters. The first kappa shape index (κ1) is 11.2. The lowest BCUT2D eigenvalue weighted by atomic mass is 9.62. The van der Waals surface area contributed by atoms with E-state index in [0.29, 0.717) is 5.41 Å². The van der Waals surface area contributed by atoms with Crippen LogP contribution in [0.25, 0.3) is 0 Å². The molecule has 0 aromatic rings. The van der Waals surface area contributed by atoms with Gasteiger partial charge in [-0.25, -0.2) is 0 Å². The van der Waals surface area contributed by atoms with Gasteiger partial charge in [0.2, 0.25) is 0 Å². The van der Waals surface area contributed by atoms with Crippen molar-refractivity contribution >= 4 is 0 Å². The SMILES string of the molecule is CC1=CCC2(CC1)[C@H](C)CC[C@@H]2C(C)C. The Morgan fingerprint density at radius 2 is 2.07 bits per heavy atom. The summed E-state index contributed by atoms with van der Waals surface area (Å²) in [6.07, 6.45) is 9.65. The summed E-state index contributed by atoms with van der Waals surface area (Å²) < 4.78 is 0. The second-order valence-electron chi connectivity index (χ2n) is 6.32. The predicted molar refractivity (Wildman–Crippen MR) is 66.8 cm³/mol. The molecule has 1 saturated carbocycles. The molecule has 0 radical (unpaired) electrons. The van der Waals surface area contributed by atoms with Crippen LogP contribution in [0.5, 0.6) is 0 Å². The molecule has 0 aliphatic heterocycles. The molecule has 0 heterocycles. The average molecular weight is 206 g/mol. The summed E-state index contributed by atoms with van der Waals surface area (Å²) in [4.78, 5) is 0. The molecule has 2 aliphatic rings. The van der Waals surface area contributed by atoms with Crippen LogP contribution in [-0.4, -0.2) is 0 Å². The molecular weight excluding hydrogens is 180 g/mol. The molecule has 0 aromatic heterocycles. The summed E-state index contributed by atoms with van der Waals surface area (Å²) in [5.41, 5.74) is 2.30. The highest BCUT2D eigenvalue weighted by Gasteiger charge is 2.48. The summed E-state index contributed by atoms with van der Waals surface area (Å²) >= 11 is 0. The monoisotopic (exact) mass is 206 g/mol. The van der Waals surface area contributed by atoms with Gasteiger partial charge in [-0.1, -0.05) is 32.4 Å². The molecule has 1 fully saturated rings. The number of hydrogen-bond donors (Lipinski definition) is 0. The number of rotatable bonds is 1. The Labute approximate surface area is 95.1 Å². The van der Waals surface area contributed by atoms with Gasteiger partial charge in [-0.05, 0) is 62.2 Å². The minimum absolute atomic E-state index is 0.674. The van der Waals surface area contributed by atoms with Gasteiger partial charge in [-0.15, -0.1) is 0 Å². The van der Waals surface area contributed by atoms with Crippen molar-refractivity contribution < 1.29 is 0 Å². The van der Waals surface area contributed by atoms with Crippen LogP contribution in [0.4, 0.5) is 0 Å². The van der Waals surface area contributed by atoms with Crippen molar-refractivity contribution in [2.45, 2.75) is 59.8 Å². The molecular formula is C15H26. The van der Waals surface area contributed by atoms with Gasteiger partial charge in [-0.2, -0.15) is 0 Å². The molecule has 0 N–H and O–H groups in total. The van der Waals surface area contributed by atoms with Gasteiger partial charge < -0.3 is 0 Å². The van der Waals surface area contributed by atoms with E-state index in [1.165, 1.54) is 32.1 Å². The second-order valence-corrected chi connectivity index (χ2v) is 6.32. The van der Waals surface area contributed by atoms with Crippen molar-refractivity contribution in [2.75, 3.05) is 0 Å². The molecule has 86 valence electrons. The van der Waals surface area contributed by atoms with Gasteiger partial charge in [0.15, 0.2) is 0 Å². The summed E-state index contributed by atoms with van der Waals surface area (Å²) in [5, 5.41) is 0. The molecule has 0 saturated heterocycles. The van der Waals surface area contributed by atoms with E-state index < -0.39 is 0 Å². The zero-order valence-electron chi connectivity index (χ0n) is 10.8. The van der Waals surface area contributed by atoms with E-state index in [9.17, 15) is 0 Å². The van der Waals surface area contributed by atoms with E-state index >= 15 is 0 Å². The highest BCUT2D eigenvalue weighted by Crippen LogP contribution is 2.57. The van der Waals surface area contributed by atoms with Crippen molar-refractivity contribution in [3.63, 3.8) is 0 Å². The summed E-state index contributed by atoms with van der Waals surface area (Å²) in [5.74, 6) is 2.81. The second kappa shape index (κ2) is 3.96. The lowest BCUT2D eigenvalue weighted by Gasteiger charge is -2.43. The smallest absolute Gasteiger partial charge is 0.0203 e. The predicted octanol–water partition coefficient (Wildman–Crippen LogP) is 4.81. The maximum absolute atomic E-state index is 2.53. The minimum atomic E-state index is 0.674. The lowest BCUT2D eigenvalue weighted by molar-refractivity contribution is 0.0904. The van der Waals surface area contributed by atoms with E-state index in [1.54, 1.807) is 5.57 Å². The first-order valence-electron chi connectivity index (χ1n) is 6.72. The van der Waals surface area contributed by atoms with Crippen LogP contribution < -0.4 is 0 Å². The molecule has 0 bridgehead atoms. The molecule has 0 amide bonds. The average Bonchev–Trinajstić information content (AvgIpc) is 2.50. The van der Waals surface area contributed by atoms with Crippen LogP contribution in [-0.2, 0) is 0 Å². The molecule has 2 rings (SSSR count). The van der Waals surface area contributed by atoms with E-state index in [2.05, 4.69) is 33.8 Å². The van der Waals surface area contributed by atoms with Crippen LogP contribution in [0.3, 0.4) is 0 Å². The standard InChI is InChI=1S/C15H26/c1-11(2)14-6-5-13(4)15(14)9-7-12(3)8-10-15/h7,11,13-14H,5-6,8-10H2,1-4H3/t13-,14-,15?/m1/s1. The Bertz CT molecular complexity index is 261. The van der Waals surface area contributed by atoms with Crippen LogP contribution in [0, 0.1) is 23.2 Å². The Kier molecular flexibility index (Phi) is 2.96. The molecule has 0 heteroatoms. The van der Waals surface area contributed by atoms with Crippen LogP contribution in [0.2, 0.25) is 0 Å². The molecule has 0 aromatic carbocycles. The summed E-state index contributed by atoms with van der Waals surface area (Å²) in [7, 11) is 0. The molecule has 2 aliphatic carbocycles. The number of allylic oxidation sites excluding steroid dienone is 2. The van der Waals surface area contributed by atoms with Gasteiger partial charge in [0, 0.05) is 0 Å². The summed E-state index contributed by atoms with van der Waals surface area (Å²) in [6.45, 7) is 9.65. The third-order valence-electron chi connectivity index (χ3n) is 5.25. The number of hydrogen-bond acceptors (Lipinski definition) is 0.